The zero-order valence-electron chi connectivity index (χ0n) is 11.4. The van der Waals surface area contributed by atoms with Gasteiger partial charge in [0, 0.05) is 31.0 Å². The average molecular weight is 282 g/mol. The summed E-state index contributed by atoms with van der Waals surface area (Å²) < 4.78 is 22.4. The van der Waals surface area contributed by atoms with Gasteiger partial charge in [0.05, 0.1) is 5.75 Å². The van der Waals surface area contributed by atoms with Gasteiger partial charge in [0.25, 0.3) is 0 Å². The van der Waals surface area contributed by atoms with Crippen LogP contribution in [0, 0.1) is 0 Å². The topological polar surface area (TPSA) is 63.4 Å². The summed E-state index contributed by atoms with van der Waals surface area (Å²) in [4.78, 5) is 2.29. The zero-order chi connectivity index (χ0) is 13.9. The molecule has 1 heterocycles. The predicted molar refractivity (Wildman–Crippen MR) is 79.4 cm³/mol. The number of para-hydroxylation sites is 1. The lowest BCUT2D eigenvalue weighted by Crippen LogP contribution is -2.25. The number of fused-ring (bicyclic) bond motifs is 1. The van der Waals surface area contributed by atoms with Gasteiger partial charge in [-0.15, -0.1) is 0 Å². The molecule has 1 atom stereocenters. The van der Waals surface area contributed by atoms with E-state index in [1.165, 1.54) is 17.5 Å². The van der Waals surface area contributed by atoms with Crippen molar-refractivity contribution in [1.82, 2.24) is 0 Å². The zero-order valence-corrected chi connectivity index (χ0v) is 12.2. The van der Waals surface area contributed by atoms with E-state index in [0.717, 1.165) is 19.5 Å². The van der Waals surface area contributed by atoms with Gasteiger partial charge in [-0.3, -0.25) is 0 Å². The van der Waals surface area contributed by atoms with E-state index in [1.807, 2.05) is 6.07 Å². The van der Waals surface area contributed by atoms with Gasteiger partial charge in [0.2, 0.25) is 0 Å². The van der Waals surface area contributed by atoms with Gasteiger partial charge >= 0.3 is 0 Å². The van der Waals surface area contributed by atoms with E-state index in [0.29, 0.717) is 18.9 Å². The highest BCUT2D eigenvalue weighted by Gasteiger charge is 2.27. The number of rotatable bonds is 6. The summed E-state index contributed by atoms with van der Waals surface area (Å²) in [6.45, 7) is 2.45. The molecule has 2 N–H and O–H groups in total. The fraction of sp³-hybridized carbons (Fsp3) is 0.571. The molecule has 0 saturated heterocycles. The number of sulfone groups is 1. The Morgan fingerprint density at radius 2 is 2.11 bits per heavy atom. The highest BCUT2D eigenvalue weighted by Crippen LogP contribution is 2.37. The largest absolute Gasteiger partial charge is 0.371 e. The lowest BCUT2D eigenvalue weighted by molar-refractivity contribution is 0.597. The van der Waals surface area contributed by atoms with Crippen LogP contribution in [-0.4, -0.2) is 40.1 Å². The van der Waals surface area contributed by atoms with Gasteiger partial charge < -0.3 is 10.6 Å². The lowest BCUT2D eigenvalue weighted by atomic mass is 9.98. The molecule has 0 fully saturated rings. The van der Waals surface area contributed by atoms with Crippen LogP contribution in [0.3, 0.4) is 0 Å². The number of anilines is 1. The Balaban J connectivity index is 2.03. The molecule has 1 aromatic rings. The second-order valence-corrected chi connectivity index (χ2v) is 7.52. The van der Waals surface area contributed by atoms with Gasteiger partial charge in [-0.25, -0.2) is 8.42 Å². The summed E-state index contributed by atoms with van der Waals surface area (Å²) >= 11 is 0. The Labute approximate surface area is 115 Å². The first kappa shape index (κ1) is 14.3. The molecule has 5 heteroatoms. The van der Waals surface area contributed by atoms with Crippen molar-refractivity contribution in [2.45, 2.75) is 18.8 Å². The predicted octanol–water partition coefficient (Wildman–Crippen LogP) is 1.37. The SMILES string of the molecule is CS(=O)(=O)CCCN1CC(CCN)c2ccccc21. The molecule has 0 bridgehead atoms. The van der Waals surface area contributed by atoms with Crippen molar-refractivity contribution in [2.24, 2.45) is 5.73 Å². The van der Waals surface area contributed by atoms with E-state index < -0.39 is 9.84 Å². The molecule has 106 valence electrons. The number of hydrogen-bond donors (Lipinski definition) is 1. The minimum absolute atomic E-state index is 0.257. The first-order valence-corrected chi connectivity index (χ1v) is 8.79. The third-order valence-corrected chi connectivity index (χ3v) is 4.65. The first-order valence-electron chi connectivity index (χ1n) is 6.73. The smallest absolute Gasteiger partial charge is 0.147 e. The van der Waals surface area contributed by atoms with Crippen LogP contribution in [0.2, 0.25) is 0 Å². The number of benzene rings is 1. The third kappa shape index (κ3) is 3.70. The van der Waals surface area contributed by atoms with Crippen LogP contribution in [0.15, 0.2) is 24.3 Å². The standard InChI is InChI=1S/C14H22N2O2S/c1-19(17,18)10-4-9-16-11-12(7-8-15)13-5-2-3-6-14(13)16/h2-3,5-6,12H,4,7-11,15H2,1H3. The van der Waals surface area contributed by atoms with Crippen LogP contribution in [0.25, 0.3) is 0 Å². The molecule has 19 heavy (non-hydrogen) atoms. The van der Waals surface area contributed by atoms with Crippen LogP contribution in [-0.2, 0) is 9.84 Å². The maximum atomic E-state index is 11.2. The molecular weight excluding hydrogens is 260 g/mol. The summed E-state index contributed by atoms with van der Waals surface area (Å²) in [7, 11) is -2.86. The van der Waals surface area contributed by atoms with E-state index in [1.54, 1.807) is 0 Å². The Kier molecular flexibility index (Phi) is 4.47. The Hall–Kier alpha value is -1.07. The van der Waals surface area contributed by atoms with Gasteiger partial charge in [0.1, 0.15) is 9.84 Å². The summed E-state index contributed by atoms with van der Waals surface area (Å²) in [6.07, 6.45) is 2.96. The minimum atomic E-state index is -2.86. The van der Waals surface area contributed by atoms with E-state index in [4.69, 9.17) is 5.73 Å². The van der Waals surface area contributed by atoms with E-state index in [2.05, 4.69) is 23.1 Å². The van der Waals surface area contributed by atoms with Crippen molar-refractivity contribution in [3.05, 3.63) is 29.8 Å². The highest BCUT2D eigenvalue weighted by atomic mass is 32.2. The van der Waals surface area contributed by atoms with Gasteiger partial charge in [-0.05, 0) is 31.0 Å². The third-order valence-electron chi connectivity index (χ3n) is 3.62. The second-order valence-electron chi connectivity index (χ2n) is 5.26. The summed E-state index contributed by atoms with van der Waals surface area (Å²) in [5.74, 6) is 0.743. The molecule has 1 aliphatic rings. The van der Waals surface area contributed by atoms with Crippen LogP contribution in [0.5, 0.6) is 0 Å². The van der Waals surface area contributed by atoms with Crippen LogP contribution >= 0.6 is 0 Å². The number of hydrogen-bond acceptors (Lipinski definition) is 4. The maximum Gasteiger partial charge on any atom is 0.147 e. The van der Waals surface area contributed by atoms with Gasteiger partial charge in [-0.2, -0.15) is 0 Å². The normalized spacial score (nSPS) is 18.6. The molecule has 4 nitrogen and oxygen atoms in total. The Bertz CT molecular complexity index is 528. The summed E-state index contributed by atoms with van der Waals surface area (Å²) in [6, 6.07) is 8.37. The Morgan fingerprint density at radius 3 is 2.79 bits per heavy atom. The monoisotopic (exact) mass is 282 g/mol. The van der Waals surface area contributed by atoms with Crippen molar-refractivity contribution < 1.29 is 8.42 Å². The van der Waals surface area contributed by atoms with Crippen LogP contribution < -0.4 is 10.6 Å². The maximum absolute atomic E-state index is 11.2. The first-order chi connectivity index (χ1) is 9.01. The van der Waals surface area contributed by atoms with Crippen molar-refractivity contribution in [3.63, 3.8) is 0 Å². The molecule has 2 rings (SSSR count). The van der Waals surface area contributed by atoms with Crippen molar-refractivity contribution in [3.8, 4) is 0 Å². The molecule has 0 aliphatic carbocycles. The fourth-order valence-electron chi connectivity index (χ4n) is 2.76. The number of nitrogens with two attached hydrogens (primary N) is 1. The Morgan fingerprint density at radius 1 is 1.37 bits per heavy atom. The van der Waals surface area contributed by atoms with Crippen LogP contribution in [0.4, 0.5) is 5.69 Å². The van der Waals surface area contributed by atoms with Gasteiger partial charge in [-0.1, -0.05) is 18.2 Å². The molecule has 0 aromatic heterocycles. The molecule has 0 amide bonds. The minimum Gasteiger partial charge on any atom is -0.371 e. The highest BCUT2D eigenvalue weighted by molar-refractivity contribution is 7.90. The quantitative estimate of drug-likeness (QED) is 0.856. The molecular formula is C14H22N2O2S. The molecule has 1 unspecified atom stereocenters. The fourth-order valence-corrected chi connectivity index (χ4v) is 3.41. The molecule has 0 saturated carbocycles. The molecule has 1 aromatic carbocycles. The van der Waals surface area contributed by atoms with E-state index in [-0.39, 0.29) is 5.75 Å². The molecule has 0 spiro atoms. The summed E-state index contributed by atoms with van der Waals surface area (Å²) in [5, 5.41) is 0. The van der Waals surface area contributed by atoms with Crippen molar-refractivity contribution in [2.75, 3.05) is 36.5 Å². The van der Waals surface area contributed by atoms with E-state index in [9.17, 15) is 8.42 Å². The van der Waals surface area contributed by atoms with Gasteiger partial charge in [0.15, 0.2) is 0 Å². The average Bonchev–Trinajstić information content (AvgIpc) is 2.68. The summed E-state index contributed by atoms with van der Waals surface area (Å²) in [5.41, 5.74) is 8.27. The lowest BCUT2D eigenvalue weighted by Gasteiger charge is -2.19. The van der Waals surface area contributed by atoms with Crippen molar-refractivity contribution >= 4 is 15.5 Å². The van der Waals surface area contributed by atoms with Crippen molar-refractivity contribution in [1.29, 1.82) is 0 Å². The van der Waals surface area contributed by atoms with Crippen LogP contribution in [0.1, 0.15) is 24.3 Å². The number of nitrogens with zero attached hydrogens (tertiary/aromatic N) is 1. The molecule has 1 aliphatic heterocycles. The second kappa shape index (κ2) is 5.92. The molecule has 0 radical (unpaired) electrons. The van der Waals surface area contributed by atoms with E-state index >= 15 is 0 Å².